The predicted molar refractivity (Wildman–Crippen MR) is 92.6 cm³/mol. The second kappa shape index (κ2) is 5.53. The monoisotopic (exact) mass is 342 g/mol. The fourth-order valence-corrected chi connectivity index (χ4v) is 4.16. The SMILES string of the molecule is O=[N+]([O-])c1c(Cl)cc(O)c2c1[C@@H]1C=CC[C@H]1[C@@H](c1ccccc1)N2. The van der Waals surface area contributed by atoms with E-state index in [1.54, 1.807) is 0 Å². The Hall–Kier alpha value is -2.53. The van der Waals surface area contributed by atoms with E-state index in [1.165, 1.54) is 6.07 Å². The molecule has 6 heteroatoms. The van der Waals surface area contributed by atoms with Gasteiger partial charge in [0.05, 0.1) is 22.2 Å². The Kier molecular flexibility index (Phi) is 3.46. The number of phenolic OH excluding ortho intramolecular Hbond substituents is 1. The molecule has 0 radical (unpaired) electrons. The van der Waals surface area contributed by atoms with Gasteiger partial charge in [0.15, 0.2) is 0 Å². The molecule has 5 nitrogen and oxygen atoms in total. The van der Waals surface area contributed by atoms with Crippen LogP contribution in [0, 0.1) is 16.0 Å². The summed E-state index contributed by atoms with van der Waals surface area (Å²) in [5, 5.41) is 25.2. The lowest BCUT2D eigenvalue weighted by Crippen LogP contribution is -2.29. The first kappa shape index (κ1) is 15.0. The van der Waals surface area contributed by atoms with Crippen molar-refractivity contribution in [2.24, 2.45) is 5.92 Å². The molecular weight excluding hydrogens is 328 g/mol. The smallest absolute Gasteiger partial charge is 0.293 e. The summed E-state index contributed by atoms with van der Waals surface area (Å²) in [6.07, 6.45) is 4.86. The molecule has 24 heavy (non-hydrogen) atoms. The number of aromatic hydroxyl groups is 1. The summed E-state index contributed by atoms with van der Waals surface area (Å²) in [6.45, 7) is 0. The highest BCUT2D eigenvalue weighted by Gasteiger charge is 2.43. The molecule has 0 saturated carbocycles. The third-order valence-electron chi connectivity index (χ3n) is 4.89. The third kappa shape index (κ3) is 2.16. The predicted octanol–water partition coefficient (Wildman–Crippen LogP) is 4.78. The van der Waals surface area contributed by atoms with Crippen LogP contribution in [0.15, 0.2) is 48.6 Å². The van der Waals surface area contributed by atoms with Gasteiger partial charge in [-0.05, 0) is 17.9 Å². The number of allylic oxidation sites excluding steroid dienone is 2. The van der Waals surface area contributed by atoms with Crippen LogP contribution in [0.5, 0.6) is 5.75 Å². The van der Waals surface area contributed by atoms with E-state index in [0.29, 0.717) is 11.3 Å². The molecule has 0 saturated heterocycles. The van der Waals surface area contributed by atoms with E-state index in [2.05, 4.69) is 5.32 Å². The Morgan fingerprint density at radius 2 is 2.04 bits per heavy atom. The van der Waals surface area contributed by atoms with Crippen molar-refractivity contribution in [3.05, 3.63) is 74.8 Å². The van der Waals surface area contributed by atoms with Crippen LogP contribution in [0.4, 0.5) is 11.4 Å². The number of phenols is 1. The van der Waals surface area contributed by atoms with Crippen LogP contribution in [0.25, 0.3) is 0 Å². The van der Waals surface area contributed by atoms with Crippen molar-refractivity contribution < 1.29 is 10.0 Å². The number of nitro groups is 1. The Morgan fingerprint density at radius 1 is 1.29 bits per heavy atom. The molecule has 0 unspecified atom stereocenters. The molecule has 122 valence electrons. The van der Waals surface area contributed by atoms with Crippen LogP contribution in [-0.4, -0.2) is 10.0 Å². The standard InChI is InChI=1S/C18H15ClN2O3/c19-13-9-14(22)17-15(18(13)21(23)24)11-7-4-8-12(11)16(20-17)10-5-2-1-3-6-10/h1-7,9,11-12,16,20,22H,8H2/t11-,12-,16-/m1/s1. The molecule has 2 N–H and O–H groups in total. The summed E-state index contributed by atoms with van der Waals surface area (Å²) in [4.78, 5) is 11.1. The molecule has 3 atom stereocenters. The first-order chi connectivity index (χ1) is 11.6. The maximum Gasteiger partial charge on any atom is 0.293 e. The molecule has 4 rings (SSSR count). The number of anilines is 1. The zero-order valence-electron chi connectivity index (χ0n) is 12.6. The van der Waals surface area contributed by atoms with E-state index in [0.717, 1.165) is 12.0 Å². The lowest BCUT2D eigenvalue weighted by molar-refractivity contribution is -0.385. The molecule has 0 fully saturated rings. The zero-order valence-corrected chi connectivity index (χ0v) is 13.4. The number of fused-ring (bicyclic) bond motifs is 3. The van der Waals surface area contributed by atoms with E-state index in [9.17, 15) is 15.2 Å². The highest BCUT2D eigenvalue weighted by molar-refractivity contribution is 6.33. The number of nitrogens with one attached hydrogen (secondary N) is 1. The molecule has 0 aromatic heterocycles. The summed E-state index contributed by atoms with van der Waals surface area (Å²) in [5.41, 5.74) is 1.87. The molecule has 1 aliphatic carbocycles. The van der Waals surface area contributed by atoms with Crippen molar-refractivity contribution in [1.29, 1.82) is 0 Å². The van der Waals surface area contributed by atoms with E-state index in [4.69, 9.17) is 11.6 Å². The van der Waals surface area contributed by atoms with Crippen LogP contribution in [0.2, 0.25) is 5.02 Å². The van der Waals surface area contributed by atoms with Gasteiger partial charge in [-0.3, -0.25) is 10.1 Å². The normalized spacial score (nSPS) is 24.1. The maximum absolute atomic E-state index is 11.5. The lowest BCUT2D eigenvalue weighted by Gasteiger charge is -2.37. The van der Waals surface area contributed by atoms with E-state index in [1.807, 2.05) is 42.5 Å². The Morgan fingerprint density at radius 3 is 2.75 bits per heavy atom. The summed E-state index contributed by atoms with van der Waals surface area (Å²) in [6, 6.07) is 11.2. The maximum atomic E-state index is 11.5. The van der Waals surface area contributed by atoms with Gasteiger partial charge in [0.2, 0.25) is 0 Å². The second-order valence-electron chi connectivity index (χ2n) is 6.16. The van der Waals surface area contributed by atoms with Crippen LogP contribution in [0.3, 0.4) is 0 Å². The number of hydrogen-bond donors (Lipinski definition) is 2. The molecule has 2 aromatic carbocycles. The average Bonchev–Trinajstić information content (AvgIpc) is 3.04. The van der Waals surface area contributed by atoms with Gasteiger partial charge >= 0.3 is 0 Å². The van der Waals surface area contributed by atoms with Gasteiger partial charge in [0, 0.05) is 12.0 Å². The molecule has 1 heterocycles. The van der Waals surface area contributed by atoms with Gasteiger partial charge in [-0.25, -0.2) is 0 Å². The van der Waals surface area contributed by atoms with Crippen LogP contribution in [0.1, 0.15) is 29.5 Å². The Labute approximate surface area is 143 Å². The largest absolute Gasteiger partial charge is 0.506 e. The molecule has 1 aliphatic heterocycles. The van der Waals surface area contributed by atoms with Crippen molar-refractivity contribution in [3.8, 4) is 5.75 Å². The topological polar surface area (TPSA) is 75.4 Å². The summed E-state index contributed by atoms with van der Waals surface area (Å²) < 4.78 is 0. The molecule has 0 amide bonds. The number of nitrogens with zero attached hydrogens (tertiary/aromatic N) is 1. The molecule has 2 aliphatic rings. The van der Waals surface area contributed by atoms with Gasteiger partial charge in [0.25, 0.3) is 5.69 Å². The second-order valence-corrected chi connectivity index (χ2v) is 6.57. The van der Waals surface area contributed by atoms with Crippen LogP contribution in [-0.2, 0) is 0 Å². The van der Waals surface area contributed by atoms with Gasteiger partial charge in [-0.2, -0.15) is 0 Å². The van der Waals surface area contributed by atoms with Gasteiger partial charge in [-0.15, -0.1) is 0 Å². The van der Waals surface area contributed by atoms with Crippen molar-refractivity contribution in [1.82, 2.24) is 0 Å². The van der Waals surface area contributed by atoms with E-state index >= 15 is 0 Å². The highest BCUT2D eigenvalue weighted by atomic mass is 35.5. The minimum absolute atomic E-state index is 0.0228. The van der Waals surface area contributed by atoms with E-state index in [-0.39, 0.29) is 34.3 Å². The molecule has 0 bridgehead atoms. The van der Waals surface area contributed by atoms with Crippen molar-refractivity contribution in [3.63, 3.8) is 0 Å². The number of nitro benzene ring substituents is 1. The minimum Gasteiger partial charge on any atom is -0.506 e. The van der Waals surface area contributed by atoms with Crippen molar-refractivity contribution in [2.75, 3.05) is 5.32 Å². The number of benzene rings is 2. The summed E-state index contributed by atoms with van der Waals surface area (Å²) in [7, 11) is 0. The van der Waals surface area contributed by atoms with Gasteiger partial charge in [0.1, 0.15) is 10.8 Å². The number of rotatable bonds is 2. The molecular formula is C18H15ClN2O3. The van der Waals surface area contributed by atoms with Gasteiger partial charge in [-0.1, -0.05) is 54.1 Å². The zero-order chi connectivity index (χ0) is 16.8. The van der Waals surface area contributed by atoms with E-state index < -0.39 is 4.92 Å². The van der Waals surface area contributed by atoms with Crippen molar-refractivity contribution >= 4 is 23.0 Å². The lowest BCUT2D eigenvalue weighted by atomic mass is 9.76. The highest BCUT2D eigenvalue weighted by Crippen LogP contribution is 2.56. The minimum atomic E-state index is -0.464. The van der Waals surface area contributed by atoms with Crippen molar-refractivity contribution in [2.45, 2.75) is 18.4 Å². The van der Waals surface area contributed by atoms with Crippen LogP contribution >= 0.6 is 11.6 Å². The first-order valence-electron chi connectivity index (χ1n) is 7.76. The summed E-state index contributed by atoms with van der Waals surface area (Å²) in [5.74, 6) is -0.0480. The Balaban J connectivity index is 1.92. The number of halogens is 1. The first-order valence-corrected chi connectivity index (χ1v) is 8.13. The van der Waals surface area contributed by atoms with Crippen LogP contribution < -0.4 is 5.32 Å². The third-order valence-corrected chi connectivity index (χ3v) is 5.17. The average molecular weight is 343 g/mol. The Bertz CT molecular complexity index is 851. The fourth-order valence-electron chi connectivity index (χ4n) is 3.89. The van der Waals surface area contributed by atoms with Gasteiger partial charge < -0.3 is 10.4 Å². The molecule has 2 aromatic rings. The fraction of sp³-hybridized carbons (Fsp3) is 0.222. The summed E-state index contributed by atoms with van der Waals surface area (Å²) >= 11 is 6.05. The number of hydrogen-bond acceptors (Lipinski definition) is 4. The molecule has 0 spiro atoms. The quantitative estimate of drug-likeness (QED) is 0.356.